The fraction of sp³-hybridized carbons (Fsp3) is 0.571. The zero-order valence-electron chi connectivity index (χ0n) is 16.8. The van der Waals surface area contributed by atoms with Gasteiger partial charge in [-0.15, -0.1) is 0 Å². The van der Waals surface area contributed by atoms with Crippen LogP contribution in [0.15, 0.2) is 24.3 Å². The molecule has 0 saturated heterocycles. The second-order valence-corrected chi connectivity index (χ2v) is 8.14. The van der Waals surface area contributed by atoms with Gasteiger partial charge in [-0.05, 0) is 54.7 Å². The molecule has 1 aromatic rings. The maximum absolute atomic E-state index is 12.2. The van der Waals surface area contributed by atoms with Gasteiger partial charge >= 0.3 is 0 Å². The first-order chi connectivity index (χ1) is 13.4. The SMILES string of the molecule is CC(C)COc1ccc(C(=O)NNC(=S)NC(=O)CCC2CCCCC2)cc1. The molecule has 1 saturated carbocycles. The summed E-state index contributed by atoms with van der Waals surface area (Å²) in [6, 6.07) is 6.86. The summed E-state index contributed by atoms with van der Waals surface area (Å²) in [5, 5.41) is 2.71. The minimum absolute atomic E-state index is 0.0962. The molecule has 0 radical (unpaired) electrons. The molecule has 2 amide bonds. The molecule has 1 fully saturated rings. The van der Waals surface area contributed by atoms with Crippen molar-refractivity contribution in [2.75, 3.05) is 6.61 Å². The maximum Gasteiger partial charge on any atom is 0.269 e. The van der Waals surface area contributed by atoms with Crippen LogP contribution in [0.4, 0.5) is 0 Å². The minimum atomic E-state index is -0.339. The lowest BCUT2D eigenvalue weighted by Crippen LogP contribution is -2.48. The molecule has 0 unspecified atom stereocenters. The number of nitrogens with one attached hydrogen (secondary N) is 3. The highest BCUT2D eigenvalue weighted by Gasteiger charge is 2.15. The van der Waals surface area contributed by atoms with Crippen LogP contribution in [0.3, 0.4) is 0 Å². The molecule has 7 heteroatoms. The lowest BCUT2D eigenvalue weighted by atomic mass is 9.86. The molecule has 1 aromatic carbocycles. The number of hydrogen-bond donors (Lipinski definition) is 3. The minimum Gasteiger partial charge on any atom is -0.493 e. The van der Waals surface area contributed by atoms with Crippen LogP contribution in [0, 0.1) is 11.8 Å². The summed E-state index contributed by atoms with van der Waals surface area (Å²) in [7, 11) is 0. The molecule has 0 aromatic heterocycles. The molecule has 0 aliphatic heterocycles. The number of hydrazine groups is 1. The maximum atomic E-state index is 12.2. The fourth-order valence-electron chi connectivity index (χ4n) is 3.18. The van der Waals surface area contributed by atoms with Gasteiger partial charge in [0, 0.05) is 12.0 Å². The Kier molecular flexibility index (Phi) is 9.20. The highest BCUT2D eigenvalue weighted by Crippen LogP contribution is 2.27. The Balaban J connectivity index is 1.66. The van der Waals surface area contributed by atoms with E-state index in [0.29, 0.717) is 30.4 Å². The van der Waals surface area contributed by atoms with E-state index < -0.39 is 0 Å². The predicted molar refractivity (Wildman–Crippen MR) is 114 cm³/mol. The summed E-state index contributed by atoms with van der Waals surface area (Å²) in [6.45, 7) is 4.78. The van der Waals surface area contributed by atoms with Crippen LogP contribution in [0.2, 0.25) is 0 Å². The number of hydrogen-bond acceptors (Lipinski definition) is 4. The summed E-state index contributed by atoms with van der Waals surface area (Å²) in [6.07, 6.45) is 7.63. The van der Waals surface area contributed by atoms with Crippen molar-refractivity contribution in [1.82, 2.24) is 16.2 Å². The topological polar surface area (TPSA) is 79.5 Å². The van der Waals surface area contributed by atoms with Gasteiger partial charge in [0.2, 0.25) is 5.91 Å². The van der Waals surface area contributed by atoms with E-state index in [-0.39, 0.29) is 16.9 Å². The van der Waals surface area contributed by atoms with Gasteiger partial charge in [-0.2, -0.15) is 0 Å². The lowest BCUT2D eigenvalue weighted by molar-refractivity contribution is -0.120. The first-order valence-electron chi connectivity index (χ1n) is 10.1. The molecule has 0 atom stereocenters. The third kappa shape index (κ3) is 8.25. The summed E-state index contributed by atoms with van der Waals surface area (Å²) in [4.78, 5) is 24.2. The molecule has 154 valence electrons. The van der Waals surface area contributed by atoms with Crippen LogP contribution < -0.4 is 20.9 Å². The second-order valence-electron chi connectivity index (χ2n) is 7.73. The highest BCUT2D eigenvalue weighted by molar-refractivity contribution is 7.80. The third-order valence-corrected chi connectivity index (χ3v) is 4.95. The number of carbonyl (C=O) groups excluding carboxylic acids is 2. The number of thiocarbonyl (C=S) groups is 1. The van der Waals surface area contributed by atoms with Gasteiger partial charge in [-0.25, -0.2) is 0 Å². The first kappa shape index (κ1) is 22.1. The van der Waals surface area contributed by atoms with Gasteiger partial charge in [0.1, 0.15) is 5.75 Å². The van der Waals surface area contributed by atoms with Crippen LogP contribution in [0.1, 0.15) is 69.2 Å². The smallest absolute Gasteiger partial charge is 0.269 e. The van der Waals surface area contributed by atoms with Crippen molar-refractivity contribution in [2.45, 2.75) is 58.8 Å². The van der Waals surface area contributed by atoms with Gasteiger partial charge in [0.25, 0.3) is 5.91 Å². The average molecular weight is 406 g/mol. The first-order valence-corrected chi connectivity index (χ1v) is 10.5. The molecule has 28 heavy (non-hydrogen) atoms. The normalized spacial score (nSPS) is 14.4. The Labute approximate surface area is 172 Å². The molecular formula is C21H31N3O3S. The van der Waals surface area contributed by atoms with E-state index in [0.717, 1.165) is 12.2 Å². The molecular weight excluding hydrogens is 374 g/mol. The fourth-order valence-corrected chi connectivity index (χ4v) is 3.35. The zero-order chi connectivity index (χ0) is 20.4. The van der Waals surface area contributed by atoms with E-state index in [1.807, 2.05) is 0 Å². The number of benzene rings is 1. The van der Waals surface area contributed by atoms with Gasteiger partial charge in [-0.1, -0.05) is 46.0 Å². The lowest BCUT2D eigenvalue weighted by Gasteiger charge is -2.21. The van der Waals surface area contributed by atoms with E-state index in [9.17, 15) is 9.59 Å². The van der Waals surface area contributed by atoms with Gasteiger partial charge in [-0.3, -0.25) is 20.4 Å². The molecule has 1 aliphatic carbocycles. The Morgan fingerprint density at radius 1 is 1.11 bits per heavy atom. The zero-order valence-corrected chi connectivity index (χ0v) is 17.6. The van der Waals surface area contributed by atoms with Gasteiger partial charge in [0.05, 0.1) is 6.61 Å². The number of rotatable bonds is 7. The average Bonchev–Trinajstić information content (AvgIpc) is 2.70. The van der Waals surface area contributed by atoms with Crippen LogP contribution in [0.5, 0.6) is 5.75 Å². The molecule has 0 bridgehead atoms. The quantitative estimate of drug-likeness (QED) is 0.476. The van der Waals surface area contributed by atoms with E-state index in [4.69, 9.17) is 17.0 Å². The Morgan fingerprint density at radius 3 is 2.43 bits per heavy atom. The van der Waals surface area contributed by atoms with Crippen LogP contribution in [-0.4, -0.2) is 23.5 Å². The van der Waals surface area contributed by atoms with Crippen LogP contribution in [0.25, 0.3) is 0 Å². The molecule has 0 heterocycles. The van der Waals surface area contributed by atoms with Gasteiger partial charge in [0.15, 0.2) is 5.11 Å². The van der Waals surface area contributed by atoms with Crippen LogP contribution in [-0.2, 0) is 4.79 Å². The Morgan fingerprint density at radius 2 is 1.79 bits per heavy atom. The van der Waals surface area contributed by atoms with E-state index in [2.05, 4.69) is 30.0 Å². The number of carbonyl (C=O) groups is 2. The van der Waals surface area contributed by atoms with E-state index >= 15 is 0 Å². The van der Waals surface area contributed by atoms with Crippen LogP contribution >= 0.6 is 12.2 Å². The van der Waals surface area contributed by atoms with Crippen molar-refractivity contribution in [2.24, 2.45) is 11.8 Å². The summed E-state index contributed by atoms with van der Waals surface area (Å²) in [5.74, 6) is 1.34. The predicted octanol–water partition coefficient (Wildman–Crippen LogP) is 3.72. The second kappa shape index (κ2) is 11.6. The van der Waals surface area contributed by atoms with Crippen molar-refractivity contribution in [1.29, 1.82) is 0 Å². The number of amides is 2. The van der Waals surface area contributed by atoms with Gasteiger partial charge < -0.3 is 10.1 Å². The molecule has 0 spiro atoms. The largest absolute Gasteiger partial charge is 0.493 e. The van der Waals surface area contributed by atoms with Crippen molar-refractivity contribution < 1.29 is 14.3 Å². The van der Waals surface area contributed by atoms with Crippen molar-refractivity contribution in [3.8, 4) is 5.75 Å². The van der Waals surface area contributed by atoms with Crippen molar-refractivity contribution >= 4 is 29.1 Å². The van der Waals surface area contributed by atoms with Crippen molar-refractivity contribution in [3.05, 3.63) is 29.8 Å². The standard InChI is InChI=1S/C21H31N3O3S/c1-15(2)14-27-18-11-9-17(10-12-18)20(26)23-24-21(28)22-19(25)13-8-16-6-4-3-5-7-16/h9-12,15-16H,3-8,13-14H2,1-2H3,(H,23,26)(H2,22,24,25,28). The van der Waals surface area contributed by atoms with E-state index in [1.54, 1.807) is 24.3 Å². The van der Waals surface area contributed by atoms with E-state index in [1.165, 1.54) is 32.1 Å². The summed E-state index contributed by atoms with van der Waals surface area (Å²) < 4.78 is 5.60. The van der Waals surface area contributed by atoms with Crippen molar-refractivity contribution in [3.63, 3.8) is 0 Å². The molecule has 2 rings (SSSR count). The molecule has 1 aliphatic rings. The molecule has 6 nitrogen and oxygen atoms in total. The monoisotopic (exact) mass is 405 g/mol. The Bertz CT molecular complexity index is 655. The number of ether oxygens (including phenoxy) is 1. The Hall–Kier alpha value is -2.15. The third-order valence-electron chi connectivity index (χ3n) is 4.75. The summed E-state index contributed by atoms with van der Waals surface area (Å²) in [5.41, 5.74) is 5.54. The molecule has 3 N–H and O–H groups in total. The summed E-state index contributed by atoms with van der Waals surface area (Å²) >= 11 is 5.07. The highest BCUT2D eigenvalue weighted by atomic mass is 32.1.